The minimum Gasteiger partial charge on any atom is -0.317 e. The van der Waals surface area contributed by atoms with Crippen LogP contribution in [0.2, 0.25) is 10.0 Å². The van der Waals surface area contributed by atoms with Crippen LogP contribution in [0.15, 0.2) is 34.8 Å². The molecule has 2 aromatic rings. The fourth-order valence-electron chi connectivity index (χ4n) is 1.53. The molecular formula is C13H6BrCl2F2NO. The monoisotopic (exact) mass is 379 g/mol. The van der Waals surface area contributed by atoms with Crippen LogP contribution >= 0.6 is 39.1 Å². The number of amides is 1. The molecule has 2 aromatic carbocycles. The van der Waals surface area contributed by atoms with Gasteiger partial charge in [0.05, 0.1) is 0 Å². The van der Waals surface area contributed by atoms with Crippen molar-refractivity contribution in [1.82, 2.24) is 0 Å². The van der Waals surface area contributed by atoms with E-state index in [1.807, 2.05) is 0 Å². The van der Waals surface area contributed by atoms with Gasteiger partial charge in [0.15, 0.2) is 11.6 Å². The zero-order valence-electron chi connectivity index (χ0n) is 9.68. The lowest BCUT2D eigenvalue weighted by Crippen LogP contribution is -2.14. The lowest BCUT2D eigenvalue weighted by atomic mass is 10.2. The van der Waals surface area contributed by atoms with E-state index in [0.717, 1.165) is 12.1 Å². The molecule has 0 aliphatic heterocycles. The molecule has 0 fully saturated rings. The van der Waals surface area contributed by atoms with Gasteiger partial charge < -0.3 is 5.32 Å². The summed E-state index contributed by atoms with van der Waals surface area (Å²) in [4.78, 5) is 11.9. The first kappa shape index (κ1) is 15.2. The number of rotatable bonds is 2. The summed E-state index contributed by atoms with van der Waals surface area (Å²) >= 11 is 14.5. The number of benzene rings is 2. The highest BCUT2D eigenvalue weighted by molar-refractivity contribution is 9.10. The summed E-state index contributed by atoms with van der Waals surface area (Å²) in [6.45, 7) is 0. The molecule has 0 aliphatic carbocycles. The van der Waals surface area contributed by atoms with Crippen LogP contribution in [0.1, 0.15) is 10.4 Å². The van der Waals surface area contributed by atoms with Crippen molar-refractivity contribution in [2.24, 2.45) is 0 Å². The fraction of sp³-hybridized carbons (Fsp3) is 0. The Morgan fingerprint density at radius 1 is 1.00 bits per heavy atom. The van der Waals surface area contributed by atoms with E-state index >= 15 is 0 Å². The summed E-state index contributed by atoms with van der Waals surface area (Å²) in [7, 11) is 0. The molecule has 0 aromatic heterocycles. The fourth-order valence-corrected chi connectivity index (χ4v) is 2.46. The molecular weight excluding hydrogens is 375 g/mol. The summed E-state index contributed by atoms with van der Waals surface area (Å²) in [6, 6.07) is 6.23. The number of hydrogen-bond acceptors (Lipinski definition) is 1. The SMILES string of the molecule is O=C(Nc1c(F)cc(Br)cc1F)c1cc(Cl)cc(Cl)c1. The normalized spacial score (nSPS) is 10.4. The Labute approximate surface area is 131 Å². The van der Waals surface area contributed by atoms with Gasteiger partial charge in [-0.05, 0) is 30.3 Å². The molecule has 0 saturated heterocycles. The van der Waals surface area contributed by atoms with Crippen molar-refractivity contribution >= 4 is 50.7 Å². The first-order valence-electron chi connectivity index (χ1n) is 5.29. The number of halogens is 5. The molecule has 2 rings (SSSR count). The van der Waals surface area contributed by atoms with Gasteiger partial charge in [0.1, 0.15) is 5.69 Å². The van der Waals surface area contributed by atoms with Gasteiger partial charge >= 0.3 is 0 Å². The third-order valence-corrected chi connectivity index (χ3v) is 3.26. The number of nitrogens with one attached hydrogen (secondary N) is 1. The Morgan fingerprint density at radius 3 is 2.00 bits per heavy atom. The largest absolute Gasteiger partial charge is 0.317 e. The van der Waals surface area contributed by atoms with Crippen LogP contribution in [0, 0.1) is 11.6 Å². The topological polar surface area (TPSA) is 29.1 Å². The van der Waals surface area contributed by atoms with Crippen molar-refractivity contribution in [3.8, 4) is 0 Å². The van der Waals surface area contributed by atoms with Crippen LogP contribution in [0.25, 0.3) is 0 Å². The molecule has 0 heterocycles. The van der Waals surface area contributed by atoms with E-state index in [1.54, 1.807) is 0 Å². The van der Waals surface area contributed by atoms with Crippen LogP contribution in [0.4, 0.5) is 14.5 Å². The van der Waals surface area contributed by atoms with E-state index in [2.05, 4.69) is 21.2 Å². The van der Waals surface area contributed by atoms with Crippen molar-refractivity contribution < 1.29 is 13.6 Å². The van der Waals surface area contributed by atoms with E-state index in [1.165, 1.54) is 18.2 Å². The predicted molar refractivity (Wildman–Crippen MR) is 78.5 cm³/mol. The number of carbonyl (C=O) groups excluding carboxylic acids is 1. The van der Waals surface area contributed by atoms with Gasteiger partial charge in [-0.25, -0.2) is 8.78 Å². The molecule has 0 atom stereocenters. The van der Waals surface area contributed by atoms with E-state index < -0.39 is 23.2 Å². The minimum absolute atomic E-state index is 0.101. The van der Waals surface area contributed by atoms with Crippen LogP contribution in [-0.2, 0) is 0 Å². The Bertz CT molecular complexity index is 651. The van der Waals surface area contributed by atoms with Crippen molar-refractivity contribution in [3.63, 3.8) is 0 Å². The van der Waals surface area contributed by atoms with Crippen LogP contribution in [0.5, 0.6) is 0 Å². The Hall–Kier alpha value is -1.17. The van der Waals surface area contributed by atoms with Gasteiger partial charge in [-0.3, -0.25) is 4.79 Å². The molecule has 0 bridgehead atoms. The zero-order valence-corrected chi connectivity index (χ0v) is 12.8. The second-order valence-corrected chi connectivity index (χ2v) is 5.65. The second-order valence-electron chi connectivity index (χ2n) is 3.86. The summed E-state index contributed by atoms with van der Waals surface area (Å²) in [5, 5.41) is 2.65. The molecule has 104 valence electrons. The van der Waals surface area contributed by atoms with Crippen molar-refractivity contribution in [2.45, 2.75) is 0 Å². The van der Waals surface area contributed by atoms with E-state index in [4.69, 9.17) is 23.2 Å². The zero-order chi connectivity index (χ0) is 14.9. The van der Waals surface area contributed by atoms with Crippen LogP contribution < -0.4 is 5.32 Å². The maximum atomic E-state index is 13.6. The lowest BCUT2D eigenvalue weighted by Gasteiger charge is -2.09. The van der Waals surface area contributed by atoms with Gasteiger partial charge in [-0.15, -0.1) is 0 Å². The maximum Gasteiger partial charge on any atom is 0.255 e. The van der Waals surface area contributed by atoms with Crippen molar-refractivity contribution in [1.29, 1.82) is 0 Å². The van der Waals surface area contributed by atoms with Crippen LogP contribution in [-0.4, -0.2) is 5.91 Å². The third-order valence-electron chi connectivity index (χ3n) is 2.37. The molecule has 1 N–H and O–H groups in total. The molecule has 0 radical (unpaired) electrons. The molecule has 0 spiro atoms. The smallest absolute Gasteiger partial charge is 0.255 e. The molecule has 20 heavy (non-hydrogen) atoms. The number of anilines is 1. The molecule has 1 amide bonds. The van der Waals surface area contributed by atoms with Crippen molar-refractivity contribution in [2.75, 3.05) is 5.32 Å². The van der Waals surface area contributed by atoms with Gasteiger partial charge in [0.2, 0.25) is 0 Å². The minimum atomic E-state index is -0.890. The summed E-state index contributed by atoms with van der Waals surface area (Å²) in [6.07, 6.45) is 0. The molecule has 7 heteroatoms. The Kier molecular flexibility index (Phi) is 4.62. The van der Waals surface area contributed by atoms with Gasteiger partial charge in [0, 0.05) is 20.1 Å². The Morgan fingerprint density at radius 2 is 1.50 bits per heavy atom. The average molecular weight is 381 g/mol. The summed E-state index contributed by atoms with van der Waals surface area (Å²) in [5.74, 6) is -2.49. The van der Waals surface area contributed by atoms with E-state index in [9.17, 15) is 13.6 Å². The first-order chi connectivity index (χ1) is 9.36. The highest BCUT2D eigenvalue weighted by Gasteiger charge is 2.15. The van der Waals surface area contributed by atoms with Crippen molar-refractivity contribution in [3.05, 3.63) is 62.0 Å². The van der Waals surface area contributed by atoms with Crippen LogP contribution in [0.3, 0.4) is 0 Å². The Balaban J connectivity index is 2.32. The predicted octanol–water partition coefficient (Wildman–Crippen LogP) is 5.29. The van der Waals surface area contributed by atoms with Gasteiger partial charge in [-0.2, -0.15) is 0 Å². The lowest BCUT2D eigenvalue weighted by molar-refractivity contribution is 0.102. The highest BCUT2D eigenvalue weighted by Crippen LogP contribution is 2.25. The molecule has 0 aliphatic rings. The van der Waals surface area contributed by atoms with E-state index in [-0.39, 0.29) is 20.1 Å². The summed E-state index contributed by atoms with van der Waals surface area (Å²) < 4.78 is 27.5. The molecule has 2 nitrogen and oxygen atoms in total. The number of carbonyl (C=O) groups is 1. The number of hydrogen-bond donors (Lipinski definition) is 1. The molecule has 0 saturated carbocycles. The standard InChI is InChI=1S/C13H6BrCl2F2NO/c14-7-3-10(17)12(11(18)4-7)19-13(20)6-1-8(15)5-9(16)2-6/h1-5H,(H,19,20). The van der Waals surface area contributed by atoms with Gasteiger partial charge in [0.25, 0.3) is 5.91 Å². The average Bonchev–Trinajstić information content (AvgIpc) is 2.32. The second kappa shape index (κ2) is 6.08. The quantitative estimate of drug-likeness (QED) is 0.753. The highest BCUT2D eigenvalue weighted by atomic mass is 79.9. The maximum absolute atomic E-state index is 13.6. The van der Waals surface area contributed by atoms with Gasteiger partial charge in [-0.1, -0.05) is 39.1 Å². The van der Waals surface area contributed by atoms with E-state index in [0.29, 0.717) is 0 Å². The third kappa shape index (κ3) is 3.48. The first-order valence-corrected chi connectivity index (χ1v) is 6.83. The molecule has 0 unspecified atom stereocenters. The summed E-state index contributed by atoms with van der Waals surface area (Å²) in [5.41, 5.74) is -0.432.